The van der Waals surface area contributed by atoms with Crippen LogP contribution in [-0.2, 0) is 22.6 Å². The second-order valence-corrected chi connectivity index (χ2v) is 6.41. The van der Waals surface area contributed by atoms with Crippen molar-refractivity contribution < 1.29 is 18.5 Å². The van der Waals surface area contributed by atoms with Crippen LogP contribution < -0.4 is 0 Å². The average molecular weight is 368 g/mol. The Labute approximate surface area is 156 Å². The summed E-state index contributed by atoms with van der Waals surface area (Å²) in [6.07, 6.45) is 6.70. The predicted molar refractivity (Wildman–Crippen MR) is 94.3 cm³/mol. The Morgan fingerprint density at radius 1 is 1.30 bits per heavy atom. The SMILES string of the molecule is O=C(CCc1nc(-c2ccco2)no1)N1CCC(OCc2ccncc2)C1. The number of pyridine rings is 1. The van der Waals surface area contributed by atoms with Crippen molar-refractivity contribution in [3.63, 3.8) is 0 Å². The van der Waals surface area contributed by atoms with E-state index in [9.17, 15) is 4.79 Å². The van der Waals surface area contributed by atoms with Crippen molar-refractivity contribution >= 4 is 5.91 Å². The molecule has 0 aromatic carbocycles. The van der Waals surface area contributed by atoms with Gasteiger partial charge in [0.1, 0.15) is 0 Å². The average Bonchev–Trinajstić information content (AvgIpc) is 3.46. The number of aromatic nitrogens is 3. The Morgan fingerprint density at radius 2 is 2.19 bits per heavy atom. The third-order valence-corrected chi connectivity index (χ3v) is 4.50. The van der Waals surface area contributed by atoms with Crippen molar-refractivity contribution in [3.05, 3.63) is 54.4 Å². The predicted octanol–water partition coefficient (Wildman–Crippen LogP) is 2.47. The first-order chi connectivity index (χ1) is 13.3. The summed E-state index contributed by atoms with van der Waals surface area (Å²) in [4.78, 5) is 22.5. The van der Waals surface area contributed by atoms with Crippen LogP contribution in [0, 0.1) is 0 Å². The van der Waals surface area contributed by atoms with Crippen molar-refractivity contribution in [2.45, 2.75) is 32.0 Å². The van der Waals surface area contributed by atoms with Crippen LogP contribution in [0.4, 0.5) is 0 Å². The number of amides is 1. The Kier molecular flexibility index (Phi) is 5.24. The van der Waals surface area contributed by atoms with Gasteiger partial charge in [-0.1, -0.05) is 5.16 Å². The molecular weight excluding hydrogens is 348 g/mol. The van der Waals surface area contributed by atoms with E-state index in [0.717, 1.165) is 12.0 Å². The zero-order valence-electron chi connectivity index (χ0n) is 14.8. The second kappa shape index (κ2) is 8.13. The van der Waals surface area contributed by atoms with Gasteiger partial charge in [0.15, 0.2) is 5.76 Å². The van der Waals surface area contributed by atoms with E-state index in [0.29, 0.717) is 50.0 Å². The Hall–Kier alpha value is -3.00. The third kappa shape index (κ3) is 4.40. The van der Waals surface area contributed by atoms with E-state index in [-0.39, 0.29) is 12.0 Å². The number of ether oxygens (including phenoxy) is 1. The molecule has 140 valence electrons. The number of hydrogen-bond donors (Lipinski definition) is 0. The van der Waals surface area contributed by atoms with Crippen molar-refractivity contribution in [2.75, 3.05) is 13.1 Å². The number of carbonyl (C=O) groups excluding carboxylic acids is 1. The van der Waals surface area contributed by atoms with Gasteiger partial charge in [-0.2, -0.15) is 4.98 Å². The van der Waals surface area contributed by atoms with Gasteiger partial charge in [-0.15, -0.1) is 0 Å². The first-order valence-corrected chi connectivity index (χ1v) is 8.92. The third-order valence-electron chi connectivity index (χ3n) is 4.50. The molecule has 0 N–H and O–H groups in total. The number of furan rings is 1. The fourth-order valence-corrected chi connectivity index (χ4v) is 3.02. The van der Waals surface area contributed by atoms with Crippen LogP contribution in [0.5, 0.6) is 0 Å². The minimum Gasteiger partial charge on any atom is -0.461 e. The molecule has 1 saturated heterocycles. The molecule has 4 heterocycles. The van der Waals surface area contributed by atoms with E-state index >= 15 is 0 Å². The summed E-state index contributed by atoms with van der Waals surface area (Å²) in [6, 6.07) is 7.38. The molecule has 0 spiro atoms. The highest BCUT2D eigenvalue weighted by Crippen LogP contribution is 2.18. The number of carbonyl (C=O) groups is 1. The summed E-state index contributed by atoms with van der Waals surface area (Å²) >= 11 is 0. The minimum absolute atomic E-state index is 0.0658. The van der Waals surface area contributed by atoms with Crippen LogP contribution in [0.25, 0.3) is 11.6 Å². The van der Waals surface area contributed by atoms with Crippen LogP contribution >= 0.6 is 0 Å². The van der Waals surface area contributed by atoms with Gasteiger partial charge >= 0.3 is 0 Å². The normalized spacial score (nSPS) is 16.7. The molecule has 3 aromatic rings. The zero-order valence-corrected chi connectivity index (χ0v) is 14.8. The minimum atomic E-state index is 0.0658. The van der Waals surface area contributed by atoms with E-state index in [1.54, 1.807) is 30.8 Å². The summed E-state index contributed by atoms with van der Waals surface area (Å²) in [5.41, 5.74) is 1.08. The van der Waals surface area contributed by atoms with Crippen molar-refractivity contribution in [2.24, 2.45) is 0 Å². The molecule has 3 aromatic heterocycles. The summed E-state index contributed by atoms with van der Waals surface area (Å²) in [5, 5.41) is 3.87. The fourth-order valence-electron chi connectivity index (χ4n) is 3.02. The molecular formula is C19H20N4O4. The van der Waals surface area contributed by atoms with Gasteiger partial charge in [-0.25, -0.2) is 0 Å². The first-order valence-electron chi connectivity index (χ1n) is 8.92. The number of likely N-dealkylation sites (tertiary alicyclic amines) is 1. The standard InChI is InChI=1S/C19H20N4O4/c24-18(4-3-17-21-19(22-27-17)16-2-1-11-25-16)23-10-7-15(12-23)26-13-14-5-8-20-9-6-14/h1-2,5-6,8-9,11,15H,3-4,7,10,12-13H2. The fraction of sp³-hybridized carbons (Fsp3) is 0.368. The molecule has 1 aliphatic rings. The Balaban J connectivity index is 1.22. The van der Waals surface area contributed by atoms with Crippen LogP contribution in [0.1, 0.15) is 24.3 Å². The van der Waals surface area contributed by atoms with Gasteiger partial charge in [-0.05, 0) is 36.2 Å². The molecule has 1 unspecified atom stereocenters. The molecule has 4 rings (SSSR count). The zero-order chi connectivity index (χ0) is 18.5. The van der Waals surface area contributed by atoms with E-state index in [1.807, 2.05) is 17.0 Å². The second-order valence-electron chi connectivity index (χ2n) is 6.41. The molecule has 0 aliphatic carbocycles. The van der Waals surface area contributed by atoms with Crippen LogP contribution in [0.3, 0.4) is 0 Å². The largest absolute Gasteiger partial charge is 0.461 e. The lowest BCUT2D eigenvalue weighted by Crippen LogP contribution is -2.30. The number of rotatable bonds is 7. The van der Waals surface area contributed by atoms with Gasteiger partial charge in [-0.3, -0.25) is 9.78 Å². The van der Waals surface area contributed by atoms with E-state index < -0.39 is 0 Å². The highest BCUT2D eigenvalue weighted by molar-refractivity contribution is 5.76. The van der Waals surface area contributed by atoms with E-state index in [2.05, 4.69) is 15.1 Å². The Morgan fingerprint density at radius 3 is 3.00 bits per heavy atom. The summed E-state index contributed by atoms with van der Waals surface area (Å²) in [6.45, 7) is 1.86. The number of hydrogen-bond acceptors (Lipinski definition) is 7. The monoisotopic (exact) mass is 368 g/mol. The lowest BCUT2D eigenvalue weighted by Gasteiger charge is -2.16. The van der Waals surface area contributed by atoms with Crippen LogP contribution in [0.2, 0.25) is 0 Å². The van der Waals surface area contributed by atoms with Crippen LogP contribution in [0.15, 0.2) is 51.9 Å². The maximum Gasteiger partial charge on any atom is 0.238 e. The summed E-state index contributed by atoms with van der Waals surface area (Å²) in [5.74, 6) is 1.44. The van der Waals surface area contributed by atoms with Gasteiger partial charge in [0, 0.05) is 38.3 Å². The molecule has 8 nitrogen and oxygen atoms in total. The van der Waals surface area contributed by atoms with Gasteiger partial charge in [0.2, 0.25) is 17.6 Å². The molecule has 8 heteroatoms. The van der Waals surface area contributed by atoms with E-state index in [1.165, 1.54) is 0 Å². The van der Waals surface area contributed by atoms with E-state index in [4.69, 9.17) is 13.7 Å². The highest BCUT2D eigenvalue weighted by Gasteiger charge is 2.27. The molecule has 1 atom stereocenters. The van der Waals surface area contributed by atoms with Gasteiger partial charge in [0.25, 0.3) is 0 Å². The molecule has 0 bridgehead atoms. The summed E-state index contributed by atoms with van der Waals surface area (Å²) in [7, 11) is 0. The Bertz CT molecular complexity index is 863. The molecule has 1 aliphatic heterocycles. The van der Waals surface area contributed by atoms with Gasteiger partial charge in [0.05, 0.1) is 19.0 Å². The quantitative estimate of drug-likeness (QED) is 0.632. The lowest BCUT2D eigenvalue weighted by atomic mass is 10.2. The number of nitrogens with zero attached hydrogens (tertiary/aromatic N) is 4. The maximum atomic E-state index is 12.4. The molecule has 0 radical (unpaired) electrons. The van der Waals surface area contributed by atoms with Crippen molar-refractivity contribution in [3.8, 4) is 11.6 Å². The summed E-state index contributed by atoms with van der Waals surface area (Å²) < 4.78 is 16.3. The molecule has 1 amide bonds. The topological polar surface area (TPSA) is 94.5 Å². The van der Waals surface area contributed by atoms with Crippen molar-refractivity contribution in [1.82, 2.24) is 20.0 Å². The van der Waals surface area contributed by atoms with Crippen molar-refractivity contribution in [1.29, 1.82) is 0 Å². The lowest BCUT2D eigenvalue weighted by molar-refractivity contribution is -0.130. The van der Waals surface area contributed by atoms with Crippen LogP contribution in [-0.4, -0.2) is 45.1 Å². The smallest absolute Gasteiger partial charge is 0.238 e. The molecule has 0 saturated carbocycles. The van der Waals surface area contributed by atoms with Gasteiger partial charge < -0.3 is 18.6 Å². The molecule has 27 heavy (non-hydrogen) atoms. The highest BCUT2D eigenvalue weighted by atomic mass is 16.5. The first kappa shape index (κ1) is 17.4. The number of aryl methyl sites for hydroxylation is 1. The maximum absolute atomic E-state index is 12.4. The molecule has 1 fully saturated rings.